The van der Waals surface area contributed by atoms with Crippen LogP contribution in [0.5, 0.6) is 0 Å². The van der Waals surface area contributed by atoms with Crippen molar-refractivity contribution in [3.05, 3.63) is 47.3 Å². The number of hydrogen-bond donors (Lipinski definition) is 1. The molecular formula is C16H17F3N4O. The number of carbonyl (C=O) groups excluding carboxylic acids is 1. The molecule has 1 N–H and O–H groups in total. The summed E-state index contributed by atoms with van der Waals surface area (Å²) in [6.07, 6.45) is -3.68. The third-order valence-corrected chi connectivity index (χ3v) is 4.09. The summed E-state index contributed by atoms with van der Waals surface area (Å²) in [5.74, 6) is -0.639. The summed E-state index contributed by atoms with van der Waals surface area (Å²) >= 11 is 0. The van der Waals surface area contributed by atoms with Crippen LogP contribution in [-0.4, -0.2) is 47.2 Å². The van der Waals surface area contributed by atoms with Gasteiger partial charge in [-0.15, -0.1) is 0 Å². The number of halogens is 3. The number of H-pyrrole nitrogens is 1. The zero-order valence-electron chi connectivity index (χ0n) is 13.1. The number of hydrogen-bond acceptors (Lipinski definition) is 3. The van der Waals surface area contributed by atoms with Crippen molar-refractivity contribution in [3.63, 3.8) is 0 Å². The molecule has 0 unspecified atom stereocenters. The Kier molecular flexibility index (Phi) is 4.21. The number of alkyl halides is 3. The summed E-state index contributed by atoms with van der Waals surface area (Å²) in [7, 11) is 0. The Hall–Kier alpha value is -2.51. The maximum atomic E-state index is 12.9. The van der Waals surface area contributed by atoms with Gasteiger partial charge in [0.05, 0.1) is 11.8 Å². The first-order valence-corrected chi connectivity index (χ1v) is 7.58. The van der Waals surface area contributed by atoms with Crippen molar-refractivity contribution in [1.82, 2.24) is 15.1 Å². The van der Waals surface area contributed by atoms with Gasteiger partial charge in [-0.1, -0.05) is 12.1 Å². The number of aryl methyl sites for hydroxylation is 1. The molecular weight excluding hydrogens is 321 g/mol. The number of anilines is 1. The normalized spacial score (nSPS) is 15.7. The van der Waals surface area contributed by atoms with Crippen LogP contribution in [0.1, 0.15) is 21.6 Å². The molecule has 2 heterocycles. The predicted molar refractivity (Wildman–Crippen MR) is 82.9 cm³/mol. The Morgan fingerprint density at radius 1 is 1.21 bits per heavy atom. The Morgan fingerprint density at radius 3 is 2.54 bits per heavy atom. The summed E-state index contributed by atoms with van der Waals surface area (Å²) in [6, 6.07) is 8.00. The first kappa shape index (κ1) is 16.4. The summed E-state index contributed by atoms with van der Waals surface area (Å²) in [5, 5.41) is 5.25. The van der Waals surface area contributed by atoms with E-state index in [9.17, 15) is 18.0 Å². The number of rotatable bonds is 2. The molecule has 0 atom stereocenters. The van der Waals surface area contributed by atoms with Crippen molar-refractivity contribution in [2.24, 2.45) is 0 Å². The van der Waals surface area contributed by atoms with E-state index in [2.05, 4.69) is 16.1 Å². The lowest BCUT2D eigenvalue weighted by molar-refractivity contribution is -0.141. The van der Waals surface area contributed by atoms with E-state index in [1.807, 2.05) is 30.2 Å². The van der Waals surface area contributed by atoms with Crippen LogP contribution in [0.15, 0.2) is 30.5 Å². The molecule has 0 radical (unpaired) electrons. The van der Waals surface area contributed by atoms with Crippen LogP contribution in [0.3, 0.4) is 0 Å². The number of piperazine rings is 1. The molecule has 2 aromatic rings. The quantitative estimate of drug-likeness (QED) is 0.916. The van der Waals surface area contributed by atoms with Crippen LogP contribution in [0.25, 0.3) is 0 Å². The molecule has 1 aromatic heterocycles. The first-order chi connectivity index (χ1) is 11.4. The number of amides is 1. The van der Waals surface area contributed by atoms with E-state index in [1.54, 1.807) is 0 Å². The van der Waals surface area contributed by atoms with Gasteiger partial charge in [0.1, 0.15) is 0 Å². The van der Waals surface area contributed by atoms with Gasteiger partial charge >= 0.3 is 6.18 Å². The van der Waals surface area contributed by atoms with Crippen LogP contribution in [0.4, 0.5) is 18.9 Å². The average molecular weight is 338 g/mol. The van der Waals surface area contributed by atoms with E-state index in [1.165, 1.54) is 4.90 Å². The van der Waals surface area contributed by atoms with Crippen molar-refractivity contribution in [3.8, 4) is 0 Å². The zero-order valence-corrected chi connectivity index (χ0v) is 13.1. The molecule has 0 bridgehead atoms. The number of nitrogens with one attached hydrogen (secondary N) is 1. The number of carbonyl (C=O) groups is 1. The van der Waals surface area contributed by atoms with Crippen LogP contribution < -0.4 is 4.90 Å². The maximum absolute atomic E-state index is 12.9. The van der Waals surface area contributed by atoms with Crippen LogP contribution >= 0.6 is 0 Å². The highest BCUT2D eigenvalue weighted by molar-refractivity contribution is 5.95. The number of benzene rings is 1. The third-order valence-electron chi connectivity index (χ3n) is 4.09. The van der Waals surface area contributed by atoms with E-state index < -0.39 is 23.3 Å². The van der Waals surface area contributed by atoms with Gasteiger partial charge in [-0.05, 0) is 24.6 Å². The molecule has 8 heteroatoms. The molecule has 1 aliphatic heterocycles. The van der Waals surface area contributed by atoms with E-state index >= 15 is 0 Å². The van der Waals surface area contributed by atoms with Crippen LogP contribution in [-0.2, 0) is 6.18 Å². The minimum absolute atomic E-state index is 0.370. The van der Waals surface area contributed by atoms with Gasteiger partial charge in [0.2, 0.25) is 0 Å². The van der Waals surface area contributed by atoms with Crippen molar-refractivity contribution in [2.45, 2.75) is 13.1 Å². The monoisotopic (exact) mass is 338 g/mol. The van der Waals surface area contributed by atoms with Crippen molar-refractivity contribution < 1.29 is 18.0 Å². The highest BCUT2D eigenvalue weighted by Crippen LogP contribution is 2.30. The molecule has 1 saturated heterocycles. The largest absolute Gasteiger partial charge is 0.433 e. The number of aromatic nitrogens is 2. The standard InChI is InChI=1S/C16H17F3N4O/c1-11-3-2-4-12(9-11)22-5-7-23(8-6-22)15(24)13-10-20-21-14(13)16(17,18)19/h2-4,9-10H,5-8H2,1H3,(H,20,21). The summed E-state index contributed by atoms with van der Waals surface area (Å²) < 4.78 is 38.6. The molecule has 0 aliphatic carbocycles. The molecule has 1 aliphatic rings. The lowest BCUT2D eigenvalue weighted by Crippen LogP contribution is -2.49. The molecule has 5 nitrogen and oxygen atoms in total. The molecule has 1 fully saturated rings. The minimum Gasteiger partial charge on any atom is -0.368 e. The fourth-order valence-corrected chi connectivity index (χ4v) is 2.83. The molecule has 1 aromatic carbocycles. The second-order valence-corrected chi connectivity index (χ2v) is 5.77. The maximum Gasteiger partial charge on any atom is 0.433 e. The Morgan fingerprint density at radius 2 is 1.92 bits per heavy atom. The van der Waals surface area contributed by atoms with Gasteiger partial charge in [0.15, 0.2) is 5.69 Å². The topological polar surface area (TPSA) is 52.2 Å². The molecule has 128 valence electrons. The predicted octanol–water partition coefficient (Wildman–Crippen LogP) is 2.70. The summed E-state index contributed by atoms with van der Waals surface area (Å²) in [4.78, 5) is 15.9. The minimum atomic E-state index is -4.62. The van der Waals surface area contributed by atoms with Gasteiger partial charge in [-0.3, -0.25) is 9.89 Å². The van der Waals surface area contributed by atoms with Crippen LogP contribution in [0.2, 0.25) is 0 Å². The van der Waals surface area contributed by atoms with Crippen LogP contribution in [0, 0.1) is 6.92 Å². The second kappa shape index (κ2) is 6.18. The van der Waals surface area contributed by atoms with Crippen molar-refractivity contribution in [2.75, 3.05) is 31.1 Å². The highest BCUT2D eigenvalue weighted by Gasteiger charge is 2.38. The number of nitrogens with zero attached hydrogens (tertiary/aromatic N) is 3. The highest BCUT2D eigenvalue weighted by atomic mass is 19.4. The average Bonchev–Trinajstić information content (AvgIpc) is 3.04. The van der Waals surface area contributed by atoms with Crippen molar-refractivity contribution in [1.29, 1.82) is 0 Å². The third kappa shape index (κ3) is 3.22. The molecule has 0 saturated carbocycles. The smallest absolute Gasteiger partial charge is 0.368 e. The lowest BCUT2D eigenvalue weighted by atomic mass is 10.1. The van der Waals surface area contributed by atoms with Gasteiger partial charge in [0.25, 0.3) is 5.91 Å². The van der Waals surface area contributed by atoms with E-state index in [0.717, 1.165) is 17.4 Å². The summed E-state index contributed by atoms with van der Waals surface area (Å²) in [5.41, 5.74) is 0.681. The fourth-order valence-electron chi connectivity index (χ4n) is 2.83. The zero-order chi connectivity index (χ0) is 17.3. The van der Waals surface area contributed by atoms with Gasteiger partial charge < -0.3 is 9.80 Å². The Labute approximate surface area is 137 Å². The molecule has 24 heavy (non-hydrogen) atoms. The SMILES string of the molecule is Cc1cccc(N2CCN(C(=O)c3cn[nH]c3C(F)(F)F)CC2)c1. The van der Waals surface area contributed by atoms with E-state index in [4.69, 9.17) is 0 Å². The van der Waals surface area contributed by atoms with E-state index in [-0.39, 0.29) is 0 Å². The number of aromatic amines is 1. The van der Waals surface area contributed by atoms with Crippen molar-refractivity contribution >= 4 is 11.6 Å². The second-order valence-electron chi connectivity index (χ2n) is 5.77. The van der Waals surface area contributed by atoms with Gasteiger partial charge in [-0.25, -0.2) is 0 Å². The molecule has 1 amide bonds. The fraction of sp³-hybridized carbons (Fsp3) is 0.375. The lowest BCUT2D eigenvalue weighted by Gasteiger charge is -2.36. The van der Waals surface area contributed by atoms with Gasteiger partial charge in [0, 0.05) is 31.9 Å². The Bertz CT molecular complexity index is 733. The first-order valence-electron chi connectivity index (χ1n) is 7.58. The van der Waals surface area contributed by atoms with E-state index in [0.29, 0.717) is 26.2 Å². The summed E-state index contributed by atoms with van der Waals surface area (Å²) in [6.45, 7) is 3.90. The molecule has 0 spiro atoms. The van der Waals surface area contributed by atoms with Gasteiger partial charge in [-0.2, -0.15) is 18.3 Å². The molecule has 3 rings (SSSR count). The Balaban J connectivity index is 1.69.